The number of aliphatic carboxylic acids is 1. The van der Waals surface area contributed by atoms with E-state index in [0.29, 0.717) is 24.0 Å². The normalized spacial score (nSPS) is 15.8. The quantitative estimate of drug-likeness (QED) is 0.0248. The molecule has 0 aromatic heterocycles. The SMILES string of the molecule is CC(NC(=O)C(N)CCCN=C(N)N)C(=O)NCC(=O)NC(Cc1ccccc1)C(=O)NC(C)C(=O)N1CCCC1C(=O)NC(Cc1ccccc1)C(=O)NC(CCCN=C(N)N)C(=O)O. The molecule has 7 amide bonds. The van der Waals surface area contributed by atoms with Crippen LogP contribution in [-0.2, 0) is 51.2 Å². The van der Waals surface area contributed by atoms with Gasteiger partial charge in [0.1, 0.15) is 36.3 Å². The fourth-order valence-electron chi connectivity index (χ4n) is 6.95. The fourth-order valence-corrected chi connectivity index (χ4v) is 6.95. The molecule has 66 heavy (non-hydrogen) atoms. The summed E-state index contributed by atoms with van der Waals surface area (Å²) in [5.41, 5.74) is 28.6. The van der Waals surface area contributed by atoms with Gasteiger partial charge in [-0.1, -0.05) is 60.7 Å². The Balaban J connectivity index is 1.66. The predicted molar refractivity (Wildman–Crippen MR) is 244 cm³/mol. The lowest BCUT2D eigenvalue weighted by molar-refractivity contribution is -0.143. The minimum atomic E-state index is -1.31. The number of likely N-dealkylation sites (tertiary alicyclic amines) is 1. The molecule has 2 aromatic carbocycles. The highest BCUT2D eigenvalue weighted by molar-refractivity contribution is 5.97. The lowest BCUT2D eigenvalue weighted by Crippen LogP contribution is -2.58. The number of rotatable bonds is 26. The third-order valence-electron chi connectivity index (χ3n) is 10.5. The summed E-state index contributed by atoms with van der Waals surface area (Å²) in [5.74, 6) is -6.27. The second-order valence-electron chi connectivity index (χ2n) is 15.8. The second kappa shape index (κ2) is 27.1. The highest BCUT2D eigenvalue weighted by Gasteiger charge is 2.39. The van der Waals surface area contributed by atoms with Gasteiger partial charge in [-0.2, -0.15) is 0 Å². The number of amides is 7. The van der Waals surface area contributed by atoms with Gasteiger partial charge in [0.05, 0.1) is 12.6 Å². The number of carboxylic acids is 1. The molecule has 1 aliphatic heterocycles. The molecule has 1 saturated heterocycles. The first kappa shape index (κ1) is 53.0. The minimum absolute atomic E-state index is 0.00659. The first-order chi connectivity index (χ1) is 31.4. The van der Waals surface area contributed by atoms with Crippen LogP contribution in [0, 0.1) is 0 Å². The molecule has 0 bridgehead atoms. The smallest absolute Gasteiger partial charge is 0.326 e. The maximum absolute atomic E-state index is 13.9. The highest BCUT2D eigenvalue weighted by atomic mass is 16.4. The average molecular weight is 921 g/mol. The van der Waals surface area contributed by atoms with Gasteiger partial charge in [-0.25, -0.2) is 4.79 Å². The first-order valence-corrected chi connectivity index (χ1v) is 21.6. The van der Waals surface area contributed by atoms with Crippen LogP contribution in [0.5, 0.6) is 0 Å². The zero-order valence-electron chi connectivity index (χ0n) is 37.2. The summed E-state index contributed by atoms with van der Waals surface area (Å²) in [6.45, 7) is 2.87. The Morgan fingerprint density at radius 1 is 0.667 bits per heavy atom. The first-order valence-electron chi connectivity index (χ1n) is 21.6. The molecule has 17 N–H and O–H groups in total. The van der Waals surface area contributed by atoms with E-state index in [-0.39, 0.29) is 70.1 Å². The van der Waals surface area contributed by atoms with Gasteiger partial charge in [-0.3, -0.25) is 43.5 Å². The molecule has 3 rings (SSSR count). The Kier molecular flexibility index (Phi) is 21.8. The third-order valence-corrected chi connectivity index (χ3v) is 10.5. The summed E-state index contributed by atoms with van der Waals surface area (Å²) in [7, 11) is 0. The van der Waals surface area contributed by atoms with Gasteiger partial charge in [0.25, 0.3) is 0 Å². The lowest BCUT2D eigenvalue weighted by Gasteiger charge is -2.29. The van der Waals surface area contributed by atoms with Crippen LogP contribution in [0.25, 0.3) is 0 Å². The number of nitrogens with zero attached hydrogens (tertiary/aromatic N) is 3. The Labute approximate surface area is 382 Å². The van der Waals surface area contributed by atoms with E-state index >= 15 is 0 Å². The number of nitrogens with one attached hydrogen (secondary N) is 6. The predicted octanol–water partition coefficient (Wildman–Crippen LogP) is -3.44. The van der Waals surface area contributed by atoms with Crippen LogP contribution in [0.4, 0.5) is 0 Å². The van der Waals surface area contributed by atoms with Crippen molar-refractivity contribution in [1.82, 2.24) is 36.8 Å². The molecule has 360 valence electrons. The summed E-state index contributed by atoms with van der Waals surface area (Å²) in [4.78, 5) is 115. The molecule has 1 heterocycles. The minimum Gasteiger partial charge on any atom is -0.480 e. The van der Waals surface area contributed by atoms with Crippen molar-refractivity contribution < 1.29 is 43.5 Å². The van der Waals surface area contributed by atoms with Crippen LogP contribution in [0.1, 0.15) is 63.5 Å². The van der Waals surface area contributed by atoms with E-state index in [9.17, 15) is 43.5 Å². The largest absolute Gasteiger partial charge is 0.480 e. The number of guanidine groups is 2. The molecule has 7 unspecified atom stereocenters. The molecule has 23 nitrogen and oxygen atoms in total. The van der Waals surface area contributed by atoms with Gasteiger partial charge in [-0.15, -0.1) is 0 Å². The van der Waals surface area contributed by atoms with Crippen LogP contribution in [0.15, 0.2) is 70.6 Å². The van der Waals surface area contributed by atoms with E-state index in [4.69, 9.17) is 28.7 Å². The monoisotopic (exact) mass is 920 g/mol. The van der Waals surface area contributed by atoms with Crippen molar-refractivity contribution >= 4 is 59.2 Å². The van der Waals surface area contributed by atoms with Gasteiger partial charge < -0.3 is 70.6 Å². The number of hydrogen-bond acceptors (Lipinski definition) is 11. The lowest BCUT2D eigenvalue weighted by atomic mass is 10.0. The van der Waals surface area contributed by atoms with Gasteiger partial charge in [-0.05, 0) is 63.5 Å². The number of nitrogens with two attached hydrogens (primary N) is 5. The van der Waals surface area contributed by atoms with E-state index in [2.05, 4.69) is 41.9 Å². The molecule has 7 atom stereocenters. The van der Waals surface area contributed by atoms with Crippen LogP contribution in [0.3, 0.4) is 0 Å². The average Bonchev–Trinajstić information content (AvgIpc) is 3.78. The molecule has 0 spiro atoms. The number of benzene rings is 2. The molecule has 1 aliphatic rings. The Morgan fingerprint density at radius 3 is 1.73 bits per heavy atom. The molecule has 0 radical (unpaired) electrons. The zero-order valence-corrected chi connectivity index (χ0v) is 37.2. The molecular formula is C43H64N14O9. The second-order valence-corrected chi connectivity index (χ2v) is 15.8. The summed E-state index contributed by atoms with van der Waals surface area (Å²) in [6, 6.07) is 9.60. The van der Waals surface area contributed by atoms with Gasteiger partial charge in [0, 0.05) is 32.5 Å². The summed E-state index contributed by atoms with van der Waals surface area (Å²) in [6.07, 6.45) is 1.64. The third kappa shape index (κ3) is 18.4. The van der Waals surface area contributed by atoms with Gasteiger partial charge in [0.15, 0.2) is 11.9 Å². The van der Waals surface area contributed by atoms with Crippen molar-refractivity contribution in [1.29, 1.82) is 0 Å². The maximum Gasteiger partial charge on any atom is 0.326 e. The van der Waals surface area contributed by atoms with Crippen molar-refractivity contribution in [3.8, 4) is 0 Å². The topological polar surface area (TPSA) is 387 Å². The number of aliphatic imine (C=N–C) groups is 2. The summed E-state index contributed by atoms with van der Waals surface area (Å²) in [5, 5.41) is 25.2. The van der Waals surface area contributed by atoms with E-state index in [1.54, 1.807) is 60.7 Å². The zero-order chi connectivity index (χ0) is 48.8. The molecule has 0 saturated carbocycles. The number of hydrogen-bond donors (Lipinski definition) is 12. The fraction of sp³-hybridized carbons (Fsp3) is 0.488. The van der Waals surface area contributed by atoms with E-state index in [1.165, 1.54) is 18.7 Å². The maximum atomic E-state index is 13.9. The molecule has 1 fully saturated rings. The van der Waals surface area contributed by atoms with Crippen LogP contribution in [0.2, 0.25) is 0 Å². The van der Waals surface area contributed by atoms with E-state index in [0.717, 1.165) is 0 Å². The number of carboxylic acid groups (broad SMARTS) is 1. The van der Waals surface area contributed by atoms with Crippen molar-refractivity contribution in [2.24, 2.45) is 38.7 Å². The number of carbonyl (C=O) groups excluding carboxylic acids is 7. The molecule has 0 aliphatic carbocycles. The molecule has 2 aromatic rings. The molecular weight excluding hydrogens is 857 g/mol. The van der Waals surface area contributed by atoms with Crippen LogP contribution < -0.4 is 60.6 Å². The Hall–Kier alpha value is -7.30. The summed E-state index contributed by atoms with van der Waals surface area (Å²) < 4.78 is 0. The van der Waals surface area contributed by atoms with Gasteiger partial charge in [0.2, 0.25) is 41.4 Å². The van der Waals surface area contributed by atoms with Crippen molar-refractivity contribution in [3.63, 3.8) is 0 Å². The van der Waals surface area contributed by atoms with Crippen LogP contribution >= 0.6 is 0 Å². The van der Waals surface area contributed by atoms with Crippen LogP contribution in [-0.4, -0.2) is 138 Å². The van der Waals surface area contributed by atoms with Crippen molar-refractivity contribution in [2.75, 3.05) is 26.2 Å². The standard InChI is InChI=1S/C43H64N14O9/c1-25(52-36(60)29(44)16-9-19-49-42(45)46)35(59)51-24-34(58)54-31(22-27-12-5-3-6-13-27)37(61)53-26(2)40(64)57-21-11-18-33(57)39(63)56-32(23-28-14-7-4-8-15-28)38(62)55-30(41(65)66)17-10-20-50-43(47)48/h3-8,12-15,25-26,29-33H,9-11,16-24,44H2,1-2H3,(H,51,59)(H,52,60)(H,53,61)(H,54,58)(H,55,62)(H,56,63)(H,65,66)(H4,45,46,49)(H4,47,48,50). The van der Waals surface area contributed by atoms with E-state index in [1.807, 2.05) is 0 Å². The summed E-state index contributed by atoms with van der Waals surface area (Å²) >= 11 is 0. The van der Waals surface area contributed by atoms with Crippen molar-refractivity contribution in [3.05, 3.63) is 71.8 Å². The number of carbonyl (C=O) groups is 8. The molecule has 23 heteroatoms. The Bertz CT molecular complexity index is 2030. The van der Waals surface area contributed by atoms with Crippen molar-refractivity contribution in [2.45, 2.75) is 108 Å². The van der Waals surface area contributed by atoms with Gasteiger partial charge >= 0.3 is 5.97 Å². The Morgan fingerprint density at radius 2 is 1.18 bits per heavy atom. The highest BCUT2D eigenvalue weighted by Crippen LogP contribution is 2.20. The van der Waals surface area contributed by atoms with E-state index < -0.39 is 96.2 Å².